The van der Waals surface area contributed by atoms with Gasteiger partial charge in [0, 0.05) is 17.5 Å². The van der Waals surface area contributed by atoms with E-state index in [0.717, 1.165) is 25.7 Å². The molecule has 0 radical (unpaired) electrons. The zero-order valence-corrected chi connectivity index (χ0v) is 16.1. The standard InChI is InChI=1S/2C5H10O2.C4H6O2.Zn/c2*1-2-3-4-5(6)7;1-3(2)4(5)6;/h2*2-4H2,1H3,(H,6,7);1H2,2H3,(H,5,6);/q;;;+2/p-2. The molecule has 6 nitrogen and oxygen atoms in total. The number of aliphatic carboxylic acids is 3. The molecule has 0 aromatic carbocycles. The maximum absolute atomic E-state index is 9.65. The van der Waals surface area contributed by atoms with E-state index in [1.165, 1.54) is 6.92 Å². The summed E-state index contributed by atoms with van der Waals surface area (Å²) in [5, 5.41) is 27.2. The van der Waals surface area contributed by atoms with Crippen LogP contribution in [0.3, 0.4) is 0 Å². The number of unbranched alkanes of at least 4 members (excludes halogenated alkanes) is 2. The fraction of sp³-hybridized carbons (Fsp3) is 0.643. The first kappa shape index (κ1) is 28.0. The number of hydrogen-bond acceptors (Lipinski definition) is 5. The summed E-state index contributed by atoms with van der Waals surface area (Å²) in [7, 11) is 0. The van der Waals surface area contributed by atoms with Gasteiger partial charge >= 0.3 is 25.4 Å². The second-order valence-electron chi connectivity index (χ2n) is 4.04. The van der Waals surface area contributed by atoms with Crippen molar-refractivity contribution >= 4 is 17.9 Å². The molecule has 0 bridgehead atoms. The molecule has 1 N–H and O–H groups in total. The molecular weight excluding hydrogens is 330 g/mol. The fourth-order valence-corrected chi connectivity index (χ4v) is 0.642. The van der Waals surface area contributed by atoms with Crippen molar-refractivity contribution in [2.45, 2.75) is 59.3 Å². The molecule has 0 saturated heterocycles. The Kier molecular flexibility index (Phi) is 28.1. The van der Waals surface area contributed by atoms with Gasteiger partial charge in [-0.05, 0) is 32.6 Å². The van der Waals surface area contributed by atoms with Gasteiger partial charge in [-0.1, -0.05) is 33.3 Å². The van der Waals surface area contributed by atoms with Crippen LogP contribution in [-0.4, -0.2) is 23.0 Å². The first-order valence-corrected chi connectivity index (χ1v) is 6.47. The van der Waals surface area contributed by atoms with Crippen molar-refractivity contribution in [3.05, 3.63) is 12.2 Å². The molecule has 0 heterocycles. The van der Waals surface area contributed by atoms with Crippen LogP contribution in [0.4, 0.5) is 0 Å². The monoisotopic (exact) mass is 352 g/mol. The van der Waals surface area contributed by atoms with Crippen molar-refractivity contribution in [3.63, 3.8) is 0 Å². The summed E-state index contributed by atoms with van der Waals surface area (Å²) >= 11 is 0. The van der Waals surface area contributed by atoms with Crippen LogP contribution in [0.25, 0.3) is 0 Å². The summed E-state index contributed by atoms with van der Waals surface area (Å²) in [5.74, 6) is -2.82. The summed E-state index contributed by atoms with van der Waals surface area (Å²) in [6.07, 6.45) is 3.74. The number of hydrogen-bond donors (Lipinski definition) is 1. The number of carboxylic acid groups (broad SMARTS) is 3. The van der Waals surface area contributed by atoms with E-state index in [1.54, 1.807) is 0 Å². The molecule has 21 heavy (non-hydrogen) atoms. The Hall–Kier alpha value is -1.23. The topological polar surface area (TPSA) is 118 Å². The molecule has 0 amide bonds. The fourth-order valence-electron chi connectivity index (χ4n) is 0.642. The molecule has 0 unspecified atom stereocenters. The average Bonchev–Trinajstić information content (AvgIpc) is 2.35. The zero-order chi connectivity index (χ0) is 16.6. The molecule has 0 aromatic heterocycles. The first-order chi connectivity index (χ1) is 9.18. The molecule has 0 atom stereocenters. The van der Waals surface area contributed by atoms with Gasteiger partial charge < -0.3 is 24.9 Å². The van der Waals surface area contributed by atoms with E-state index in [0.29, 0.717) is 0 Å². The van der Waals surface area contributed by atoms with Gasteiger partial charge in [-0.15, -0.1) is 0 Å². The van der Waals surface area contributed by atoms with Gasteiger partial charge in [-0.3, -0.25) is 0 Å². The van der Waals surface area contributed by atoms with Crippen molar-refractivity contribution in [2.75, 3.05) is 0 Å². The van der Waals surface area contributed by atoms with E-state index in [1.807, 2.05) is 13.8 Å². The summed E-state index contributed by atoms with van der Waals surface area (Å²) < 4.78 is 0. The predicted octanol–water partition coefficient (Wildman–Crippen LogP) is 0.498. The molecule has 0 rings (SSSR count). The largest absolute Gasteiger partial charge is 2.00 e. The van der Waals surface area contributed by atoms with Crippen molar-refractivity contribution in [1.82, 2.24) is 0 Å². The maximum Gasteiger partial charge on any atom is 2.00 e. The number of carboxylic acids is 3. The zero-order valence-electron chi connectivity index (χ0n) is 13.1. The second-order valence-corrected chi connectivity index (χ2v) is 4.04. The van der Waals surface area contributed by atoms with Gasteiger partial charge in [0.15, 0.2) is 0 Å². The Morgan fingerprint density at radius 1 is 0.952 bits per heavy atom. The molecule has 0 aliphatic heterocycles. The maximum atomic E-state index is 9.65. The molecule has 0 fully saturated rings. The Labute approximate surface area is 139 Å². The first-order valence-electron chi connectivity index (χ1n) is 6.47. The molecule has 0 aliphatic rings. The minimum Gasteiger partial charge on any atom is -0.550 e. The van der Waals surface area contributed by atoms with E-state index >= 15 is 0 Å². The third-order valence-electron chi connectivity index (χ3n) is 1.83. The van der Waals surface area contributed by atoms with Crippen molar-refractivity contribution in [3.8, 4) is 0 Å². The molecule has 0 aliphatic carbocycles. The molecule has 0 aromatic rings. The molecule has 0 saturated carbocycles. The van der Waals surface area contributed by atoms with Gasteiger partial charge in [0.2, 0.25) is 0 Å². The smallest absolute Gasteiger partial charge is 0.550 e. The van der Waals surface area contributed by atoms with Gasteiger partial charge in [0.25, 0.3) is 0 Å². The second kappa shape index (κ2) is 21.1. The number of rotatable bonds is 7. The third-order valence-corrected chi connectivity index (χ3v) is 1.83. The minimum absolute atomic E-state index is 0. The van der Waals surface area contributed by atoms with Gasteiger partial charge in [0.05, 0.1) is 0 Å². The van der Waals surface area contributed by atoms with E-state index in [9.17, 15) is 24.6 Å². The Bertz CT molecular complexity index is 272. The van der Waals surface area contributed by atoms with Crippen LogP contribution in [-0.2, 0) is 33.9 Å². The third kappa shape index (κ3) is 45.5. The molecular formula is C14H24O6Zn. The Balaban J connectivity index is -0.000000101. The van der Waals surface area contributed by atoms with Crippen LogP contribution >= 0.6 is 0 Å². The van der Waals surface area contributed by atoms with Crippen LogP contribution in [0.15, 0.2) is 12.2 Å². The van der Waals surface area contributed by atoms with Gasteiger partial charge in [-0.25, -0.2) is 4.79 Å². The van der Waals surface area contributed by atoms with Crippen LogP contribution in [0.5, 0.6) is 0 Å². The summed E-state index contributed by atoms with van der Waals surface area (Å²) in [5.41, 5.74) is 0.176. The number of carbonyl (C=O) groups is 3. The van der Waals surface area contributed by atoms with E-state index in [4.69, 9.17) is 5.11 Å². The predicted molar refractivity (Wildman–Crippen MR) is 71.5 cm³/mol. The summed E-state index contributed by atoms with van der Waals surface area (Å²) in [4.78, 5) is 28.9. The van der Waals surface area contributed by atoms with Crippen molar-refractivity contribution in [2.24, 2.45) is 0 Å². The normalized spacial score (nSPS) is 7.95. The van der Waals surface area contributed by atoms with Crippen molar-refractivity contribution < 1.29 is 49.2 Å². The van der Waals surface area contributed by atoms with Gasteiger partial charge in [-0.2, -0.15) is 0 Å². The quantitative estimate of drug-likeness (QED) is 0.526. The summed E-state index contributed by atoms with van der Waals surface area (Å²) in [6.45, 7) is 8.50. The van der Waals surface area contributed by atoms with Gasteiger partial charge in [0.1, 0.15) is 0 Å². The average molecular weight is 354 g/mol. The van der Waals surface area contributed by atoms with Crippen LogP contribution in [0.2, 0.25) is 0 Å². The Morgan fingerprint density at radius 3 is 1.24 bits per heavy atom. The van der Waals surface area contributed by atoms with E-state index < -0.39 is 17.9 Å². The van der Waals surface area contributed by atoms with Crippen LogP contribution in [0, 0.1) is 0 Å². The SMILES string of the molecule is C=C(C)C(=O)O.CCCCC(=O)[O-].CCCCC(=O)[O-].[Zn+2]. The molecule has 7 heteroatoms. The molecule has 0 spiro atoms. The van der Waals surface area contributed by atoms with Crippen LogP contribution < -0.4 is 10.2 Å². The molecule has 118 valence electrons. The number of carbonyl (C=O) groups excluding carboxylic acids is 2. The Morgan fingerprint density at radius 2 is 1.19 bits per heavy atom. The minimum atomic E-state index is -0.943. The van der Waals surface area contributed by atoms with E-state index in [-0.39, 0.29) is 37.9 Å². The van der Waals surface area contributed by atoms with Crippen molar-refractivity contribution in [1.29, 1.82) is 0 Å². The van der Waals surface area contributed by atoms with Crippen LogP contribution in [0.1, 0.15) is 59.3 Å². The van der Waals surface area contributed by atoms with E-state index in [2.05, 4.69) is 6.58 Å². The summed E-state index contributed by atoms with van der Waals surface area (Å²) in [6, 6.07) is 0.